The van der Waals surface area contributed by atoms with Crippen LogP contribution >= 0.6 is 0 Å². The number of carboxylic acids is 1. The molecule has 19 heavy (non-hydrogen) atoms. The van der Waals surface area contributed by atoms with Crippen molar-refractivity contribution in [3.8, 4) is 0 Å². The number of carbonyl (C=O) groups is 2. The lowest BCUT2D eigenvalue weighted by atomic mass is 9.81. The summed E-state index contributed by atoms with van der Waals surface area (Å²) >= 11 is 0. The van der Waals surface area contributed by atoms with Crippen LogP contribution in [-0.4, -0.2) is 48.6 Å². The van der Waals surface area contributed by atoms with Gasteiger partial charge in [-0.2, -0.15) is 0 Å². The summed E-state index contributed by atoms with van der Waals surface area (Å²) in [6.45, 7) is 1.15. The number of amides is 1. The molecule has 1 atom stereocenters. The molecule has 0 radical (unpaired) electrons. The first-order valence-corrected chi connectivity index (χ1v) is 6.36. The molecule has 100 valence electrons. The van der Waals surface area contributed by atoms with Crippen LogP contribution in [0.5, 0.6) is 0 Å². The maximum Gasteiger partial charge on any atom is 0.317 e. The summed E-state index contributed by atoms with van der Waals surface area (Å²) < 4.78 is 0. The normalized spacial score (nSPS) is 26.2. The van der Waals surface area contributed by atoms with Gasteiger partial charge in [-0.3, -0.25) is 14.5 Å². The van der Waals surface area contributed by atoms with E-state index in [9.17, 15) is 9.59 Å². The first kappa shape index (κ1) is 12.2. The molecule has 0 unspecified atom stereocenters. The highest BCUT2D eigenvalue weighted by atomic mass is 16.4. The molecule has 1 spiro atoms. The first-order valence-electron chi connectivity index (χ1n) is 6.36. The fourth-order valence-electron chi connectivity index (χ4n) is 3.33. The van der Waals surface area contributed by atoms with Crippen molar-refractivity contribution in [3.05, 3.63) is 29.8 Å². The molecule has 2 heterocycles. The standard InChI is InChI=1S/C14H16N2O3/c1-15-11-5-3-2-4-10(11)14(13(15)19)6-7-16(9-14)8-12(17)18/h2-5H,6-9H2,1H3,(H,17,18)/t14-/m1/s1. The van der Waals surface area contributed by atoms with Crippen molar-refractivity contribution < 1.29 is 14.7 Å². The Bertz CT molecular complexity index is 557. The largest absolute Gasteiger partial charge is 0.480 e. The average molecular weight is 260 g/mol. The summed E-state index contributed by atoms with van der Waals surface area (Å²) in [6.07, 6.45) is 0.695. The quantitative estimate of drug-likeness (QED) is 0.850. The van der Waals surface area contributed by atoms with Crippen LogP contribution in [0.4, 0.5) is 5.69 Å². The Morgan fingerprint density at radius 1 is 1.42 bits per heavy atom. The van der Waals surface area contributed by atoms with E-state index in [4.69, 9.17) is 5.11 Å². The number of aliphatic carboxylic acids is 1. The maximum absolute atomic E-state index is 12.6. The van der Waals surface area contributed by atoms with Crippen LogP contribution in [0, 0.1) is 0 Å². The second-order valence-corrected chi connectivity index (χ2v) is 5.32. The van der Waals surface area contributed by atoms with Crippen LogP contribution in [0.25, 0.3) is 0 Å². The number of hydrogen-bond acceptors (Lipinski definition) is 3. The Morgan fingerprint density at radius 3 is 2.89 bits per heavy atom. The third-order valence-corrected chi connectivity index (χ3v) is 4.20. The molecule has 5 heteroatoms. The Labute approximate surface area is 111 Å². The third-order valence-electron chi connectivity index (χ3n) is 4.20. The molecule has 0 aromatic heterocycles. The van der Waals surface area contributed by atoms with Crippen molar-refractivity contribution in [2.45, 2.75) is 11.8 Å². The molecule has 0 saturated carbocycles. The van der Waals surface area contributed by atoms with Crippen LogP contribution in [-0.2, 0) is 15.0 Å². The molecule has 0 aliphatic carbocycles. The summed E-state index contributed by atoms with van der Waals surface area (Å²) in [5.74, 6) is -0.759. The molecular formula is C14H16N2O3. The van der Waals surface area contributed by atoms with E-state index in [0.29, 0.717) is 19.5 Å². The summed E-state index contributed by atoms with van der Waals surface area (Å²) in [7, 11) is 1.79. The van der Waals surface area contributed by atoms with Gasteiger partial charge in [0.1, 0.15) is 0 Å². The van der Waals surface area contributed by atoms with Gasteiger partial charge in [-0.1, -0.05) is 18.2 Å². The minimum absolute atomic E-state index is 0.000904. The second kappa shape index (κ2) is 4.06. The lowest BCUT2D eigenvalue weighted by Crippen LogP contribution is -2.41. The zero-order valence-corrected chi connectivity index (χ0v) is 10.8. The van der Waals surface area contributed by atoms with E-state index in [2.05, 4.69) is 0 Å². The van der Waals surface area contributed by atoms with Crippen molar-refractivity contribution in [2.24, 2.45) is 0 Å². The molecule has 2 aliphatic rings. The molecule has 1 fully saturated rings. The first-order chi connectivity index (χ1) is 9.04. The van der Waals surface area contributed by atoms with E-state index < -0.39 is 11.4 Å². The average Bonchev–Trinajstić information content (AvgIpc) is 2.88. The second-order valence-electron chi connectivity index (χ2n) is 5.32. The van der Waals surface area contributed by atoms with Crippen molar-refractivity contribution in [1.82, 2.24) is 4.90 Å². The molecule has 1 saturated heterocycles. The maximum atomic E-state index is 12.6. The highest BCUT2D eigenvalue weighted by molar-refractivity contribution is 6.08. The minimum atomic E-state index is -0.843. The summed E-state index contributed by atoms with van der Waals surface area (Å²) in [6, 6.07) is 7.79. The van der Waals surface area contributed by atoms with Crippen LogP contribution < -0.4 is 4.90 Å². The van der Waals surface area contributed by atoms with E-state index in [-0.39, 0.29) is 12.5 Å². The molecule has 1 aromatic rings. The van der Waals surface area contributed by atoms with Gasteiger partial charge in [0.15, 0.2) is 0 Å². The Morgan fingerprint density at radius 2 is 2.16 bits per heavy atom. The number of para-hydroxylation sites is 1. The Balaban J connectivity index is 1.97. The van der Waals surface area contributed by atoms with Crippen LogP contribution in [0.15, 0.2) is 24.3 Å². The predicted octanol–water partition coefficient (Wildman–Crippen LogP) is 0.691. The topological polar surface area (TPSA) is 60.9 Å². The highest BCUT2D eigenvalue weighted by Crippen LogP contribution is 2.46. The lowest BCUT2D eigenvalue weighted by Gasteiger charge is -2.22. The van der Waals surface area contributed by atoms with Gasteiger partial charge in [-0.15, -0.1) is 0 Å². The smallest absolute Gasteiger partial charge is 0.317 e. The van der Waals surface area contributed by atoms with Crippen LogP contribution in [0.2, 0.25) is 0 Å². The van der Waals surface area contributed by atoms with E-state index in [1.165, 1.54) is 0 Å². The minimum Gasteiger partial charge on any atom is -0.480 e. The monoisotopic (exact) mass is 260 g/mol. The molecule has 2 aliphatic heterocycles. The molecule has 0 bridgehead atoms. The number of benzene rings is 1. The van der Waals surface area contributed by atoms with Crippen LogP contribution in [0.1, 0.15) is 12.0 Å². The fourth-order valence-corrected chi connectivity index (χ4v) is 3.33. The number of fused-ring (bicyclic) bond motifs is 2. The van der Waals surface area contributed by atoms with Gasteiger partial charge >= 0.3 is 5.97 Å². The van der Waals surface area contributed by atoms with Gasteiger partial charge in [-0.25, -0.2) is 0 Å². The van der Waals surface area contributed by atoms with Gasteiger partial charge in [0, 0.05) is 25.8 Å². The van der Waals surface area contributed by atoms with Crippen molar-refractivity contribution in [3.63, 3.8) is 0 Å². The predicted molar refractivity (Wildman–Crippen MR) is 70.2 cm³/mol. The zero-order chi connectivity index (χ0) is 13.6. The fraction of sp³-hybridized carbons (Fsp3) is 0.429. The van der Waals surface area contributed by atoms with Crippen LogP contribution in [0.3, 0.4) is 0 Å². The molecule has 1 aromatic carbocycles. The highest BCUT2D eigenvalue weighted by Gasteiger charge is 2.53. The number of likely N-dealkylation sites (N-methyl/N-ethyl adjacent to an activating group) is 1. The molecule has 5 nitrogen and oxygen atoms in total. The van der Waals surface area contributed by atoms with E-state index in [1.54, 1.807) is 11.9 Å². The van der Waals surface area contributed by atoms with Gasteiger partial charge in [0.05, 0.1) is 12.0 Å². The van der Waals surface area contributed by atoms with Gasteiger partial charge in [-0.05, 0) is 18.1 Å². The van der Waals surface area contributed by atoms with Crippen molar-refractivity contribution >= 4 is 17.6 Å². The number of carboxylic acid groups (broad SMARTS) is 1. The van der Waals surface area contributed by atoms with E-state index in [0.717, 1.165) is 11.3 Å². The number of hydrogen-bond donors (Lipinski definition) is 1. The number of likely N-dealkylation sites (tertiary alicyclic amines) is 1. The summed E-state index contributed by atoms with van der Waals surface area (Å²) in [4.78, 5) is 26.9. The SMILES string of the molecule is CN1C(=O)[C@@]2(CCN(CC(=O)O)C2)c2ccccc21. The number of anilines is 1. The lowest BCUT2D eigenvalue weighted by molar-refractivity contribution is -0.138. The Kier molecular flexibility index (Phi) is 2.60. The zero-order valence-electron chi connectivity index (χ0n) is 10.8. The number of carbonyl (C=O) groups excluding carboxylic acids is 1. The molecule has 1 amide bonds. The number of nitrogens with zero attached hydrogens (tertiary/aromatic N) is 2. The molecular weight excluding hydrogens is 244 g/mol. The van der Waals surface area contributed by atoms with Gasteiger partial charge < -0.3 is 10.0 Å². The summed E-state index contributed by atoms with van der Waals surface area (Å²) in [5, 5.41) is 8.88. The van der Waals surface area contributed by atoms with Crippen molar-refractivity contribution in [2.75, 3.05) is 31.6 Å². The molecule has 1 N–H and O–H groups in total. The number of rotatable bonds is 2. The molecule has 3 rings (SSSR count). The third kappa shape index (κ3) is 1.65. The van der Waals surface area contributed by atoms with Gasteiger partial charge in [0.2, 0.25) is 5.91 Å². The van der Waals surface area contributed by atoms with Gasteiger partial charge in [0.25, 0.3) is 0 Å². The van der Waals surface area contributed by atoms with E-state index in [1.807, 2.05) is 29.2 Å². The van der Waals surface area contributed by atoms with E-state index >= 15 is 0 Å². The summed E-state index contributed by atoms with van der Waals surface area (Å²) in [5.41, 5.74) is 1.45. The van der Waals surface area contributed by atoms with Crippen molar-refractivity contribution in [1.29, 1.82) is 0 Å². The Hall–Kier alpha value is -1.88.